The van der Waals surface area contributed by atoms with Gasteiger partial charge in [-0.25, -0.2) is 4.39 Å². The first-order valence-corrected chi connectivity index (χ1v) is 8.12. The van der Waals surface area contributed by atoms with E-state index in [-0.39, 0.29) is 11.6 Å². The van der Waals surface area contributed by atoms with Gasteiger partial charge >= 0.3 is 0 Å². The van der Waals surface area contributed by atoms with Crippen LogP contribution < -0.4 is 9.88 Å². The second-order valence-electron chi connectivity index (χ2n) is 5.74. The number of carbonyl (C=O) groups is 1. The Balaban J connectivity index is 2.09. The largest absolute Gasteiger partial charge is 0.318 e. The Morgan fingerprint density at radius 2 is 1.74 bits per heavy atom. The number of rotatable bonds is 6. The molecule has 0 bridgehead atoms. The van der Waals surface area contributed by atoms with Crippen molar-refractivity contribution in [3.05, 3.63) is 60.2 Å². The molecule has 1 aromatic carbocycles. The van der Waals surface area contributed by atoms with Crippen molar-refractivity contribution in [2.75, 3.05) is 5.32 Å². The van der Waals surface area contributed by atoms with Crippen LogP contribution in [-0.4, -0.2) is 5.91 Å². The number of aromatic nitrogens is 1. The van der Waals surface area contributed by atoms with Gasteiger partial charge in [-0.2, -0.15) is 4.57 Å². The lowest BCUT2D eigenvalue weighted by atomic mass is 9.95. The summed E-state index contributed by atoms with van der Waals surface area (Å²) in [5.41, 5.74) is 1.49. The van der Waals surface area contributed by atoms with Crippen molar-refractivity contribution < 1.29 is 13.8 Å². The molecular weight excluding hydrogens is 291 g/mol. The van der Waals surface area contributed by atoms with Gasteiger partial charge in [0.25, 0.3) is 5.91 Å². The number of hydrogen-bond donors (Lipinski definition) is 1. The Morgan fingerprint density at radius 1 is 1.13 bits per heavy atom. The van der Waals surface area contributed by atoms with Crippen LogP contribution in [0.5, 0.6) is 0 Å². The summed E-state index contributed by atoms with van der Waals surface area (Å²) in [4.78, 5) is 12.3. The fraction of sp³-hybridized carbons (Fsp3) is 0.368. The van der Waals surface area contributed by atoms with Gasteiger partial charge in [-0.1, -0.05) is 26.0 Å². The molecule has 0 aliphatic carbocycles. The SMILES string of the molecule is CCC(CC)c1cc[n+]([C@H](C)C(=O)Nc2ccccc2F)cc1. The molecule has 0 fully saturated rings. The fourth-order valence-corrected chi connectivity index (χ4v) is 2.68. The summed E-state index contributed by atoms with van der Waals surface area (Å²) in [5, 5.41) is 2.63. The number of amides is 1. The van der Waals surface area contributed by atoms with Crippen LogP contribution in [0.15, 0.2) is 48.8 Å². The smallest absolute Gasteiger partial charge is 0.293 e. The van der Waals surface area contributed by atoms with Gasteiger partial charge in [0.2, 0.25) is 6.04 Å². The monoisotopic (exact) mass is 315 g/mol. The van der Waals surface area contributed by atoms with E-state index in [1.54, 1.807) is 25.1 Å². The molecule has 2 aromatic rings. The van der Waals surface area contributed by atoms with E-state index in [0.29, 0.717) is 5.92 Å². The zero-order valence-electron chi connectivity index (χ0n) is 13.9. The molecule has 0 saturated carbocycles. The van der Waals surface area contributed by atoms with E-state index in [4.69, 9.17) is 0 Å². The molecular formula is C19H24FN2O+. The third kappa shape index (κ3) is 4.15. The van der Waals surface area contributed by atoms with Crippen molar-refractivity contribution >= 4 is 11.6 Å². The van der Waals surface area contributed by atoms with Crippen molar-refractivity contribution in [3.8, 4) is 0 Å². The topological polar surface area (TPSA) is 33.0 Å². The normalized spacial score (nSPS) is 12.2. The summed E-state index contributed by atoms with van der Waals surface area (Å²) < 4.78 is 15.4. The zero-order chi connectivity index (χ0) is 16.8. The Hall–Kier alpha value is -2.23. The molecule has 122 valence electrons. The average molecular weight is 315 g/mol. The van der Waals surface area contributed by atoms with Crippen molar-refractivity contribution in [1.29, 1.82) is 0 Å². The van der Waals surface area contributed by atoms with Crippen molar-refractivity contribution in [1.82, 2.24) is 0 Å². The van der Waals surface area contributed by atoms with Gasteiger partial charge in [-0.3, -0.25) is 4.79 Å². The van der Waals surface area contributed by atoms with Crippen LogP contribution >= 0.6 is 0 Å². The number of anilines is 1. The highest BCUT2D eigenvalue weighted by Gasteiger charge is 2.23. The maximum Gasteiger partial charge on any atom is 0.293 e. The van der Waals surface area contributed by atoms with Crippen LogP contribution in [-0.2, 0) is 4.79 Å². The Bertz CT molecular complexity index is 651. The molecule has 23 heavy (non-hydrogen) atoms. The third-order valence-electron chi connectivity index (χ3n) is 4.29. The minimum atomic E-state index is -0.429. The lowest BCUT2D eigenvalue weighted by Gasteiger charge is -2.13. The van der Waals surface area contributed by atoms with Gasteiger partial charge in [0.15, 0.2) is 12.4 Å². The molecule has 1 aromatic heterocycles. The predicted molar refractivity (Wildman–Crippen MR) is 89.7 cm³/mol. The van der Waals surface area contributed by atoms with E-state index >= 15 is 0 Å². The number of para-hydroxylation sites is 1. The van der Waals surface area contributed by atoms with E-state index in [1.807, 2.05) is 17.0 Å². The maximum atomic E-state index is 13.6. The number of hydrogen-bond acceptors (Lipinski definition) is 1. The van der Waals surface area contributed by atoms with Crippen LogP contribution in [0.2, 0.25) is 0 Å². The zero-order valence-corrected chi connectivity index (χ0v) is 13.9. The molecule has 1 heterocycles. The molecule has 1 amide bonds. The lowest BCUT2D eigenvalue weighted by Crippen LogP contribution is -2.44. The molecule has 2 rings (SSSR count). The third-order valence-corrected chi connectivity index (χ3v) is 4.29. The highest BCUT2D eigenvalue weighted by atomic mass is 19.1. The molecule has 3 nitrogen and oxygen atoms in total. The molecule has 1 N–H and O–H groups in total. The van der Waals surface area contributed by atoms with Crippen LogP contribution in [0.4, 0.5) is 10.1 Å². The van der Waals surface area contributed by atoms with Crippen molar-refractivity contribution in [3.63, 3.8) is 0 Å². The summed E-state index contributed by atoms with van der Waals surface area (Å²) >= 11 is 0. The molecule has 4 heteroatoms. The summed E-state index contributed by atoms with van der Waals surface area (Å²) in [6.07, 6.45) is 6.03. The number of pyridine rings is 1. The molecule has 0 aliphatic rings. The first-order valence-electron chi connectivity index (χ1n) is 8.12. The van der Waals surface area contributed by atoms with Crippen LogP contribution in [0.1, 0.15) is 51.1 Å². The van der Waals surface area contributed by atoms with Gasteiger partial charge in [0.05, 0.1) is 5.69 Å². The summed E-state index contributed by atoms with van der Waals surface area (Å²) in [6.45, 7) is 6.16. The first kappa shape index (κ1) is 17.1. The number of carbonyl (C=O) groups excluding carboxylic acids is 1. The van der Waals surface area contributed by atoms with E-state index in [9.17, 15) is 9.18 Å². The second kappa shape index (κ2) is 7.86. The Morgan fingerprint density at radius 3 is 2.30 bits per heavy atom. The summed E-state index contributed by atoms with van der Waals surface area (Å²) in [6, 6.07) is 9.89. The molecule has 0 radical (unpaired) electrons. The Labute approximate surface area is 137 Å². The van der Waals surface area contributed by atoms with E-state index in [1.165, 1.54) is 11.6 Å². The molecule has 1 atom stereocenters. The Kier molecular flexibility index (Phi) is 5.85. The minimum absolute atomic E-state index is 0.207. The van der Waals surface area contributed by atoms with Gasteiger partial charge in [0, 0.05) is 19.1 Å². The predicted octanol–water partition coefficient (Wildman–Crippen LogP) is 4.22. The molecule has 0 spiro atoms. The standard InChI is InChI=1S/C19H23FN2O/c1-4-15(5-2)16-10-12-22(13-11-16)14(3)19(23)21-18-9-7-6-8-17(18)20/h6-15H,4-5H2,1-3H3/p+1/t14-/m1/s1. The quantitative estimate of drug-likeness (QED) is 0.796. The number of halogens is 1. The van der Waals surface area contributed by atoms with Gasteiger partial charge in [-0.05, 0) is 36.5 Å². The minimum Gasteiger partial charge on any atom is -0.318 e. The second-order valence-corrected chi connectivity index (χ2v) is 5.74. The summed E-state index contributed by atoms with van der Waals surface area (Å²) in [5.74, 6) is -0.121. The summed E-state index contributed by atoms with van der Waals surface area (Å²) in [7, 11) is 0. The fourth-order valence-electron chi connectivity index (χ4n) is 2.68. The van der Waals surface area contributed by atoms with E-state index in [0.717, 1.165) is 12.8 Å². The van der Waals surface area contributed by atoms with Crippen LogP contribution in [0.25, 0.3) is 0 Å². The molecule has 0 unspecified atom stereocenters. The number of nitrogens with zero attached hydrogens (tertiary/aromatic N) is 1. The van der Waals surface area contributed by atoms with Gasteiger partial charge < -0.3 is 5.32 Å². The first-order chi connectivity index (χ1) is 11.1. The van der Waals surface area contributed by atoms with Gasteiger partial charge in [0.1, 0.15) is 5.82 Å². The number of nitrogens with one attached hydrogen (secondary N) is 1. The lowest BCUT2D eigenvalue weighted by molar-refractivity contribution is -0.705. The van der Waals surface area contributed by atoms with Crippen LogP contribution in [0, 0.1) is 5.82 Å². The van der Waals surface area contributed by atoms with Crippen molar-refractivity contribution in [2.24, 2.45) is 0 Å². The van der Waals surface area contributed by atoms with E-state index in [2.05, 4.69) is 31.3 Å². The van der Waals surface area contributed by atoms with Crippen LogP contribution in [0.3, 0.4) is 0 Å². The number of benzene rings is 1. The van der Waals surface area contributed by atoms with E-state index < -0.39 is 11.9 Å². The molecule has 0 aliphatic heterocycles. The van der Waals surface area contributed by atoms with Crippen molar-refractivity contribution in [2.45, 2.75) is 45.6 Å². The average Bonchev–Trinajstić information content (AvgIpc) is 2.58. The highest BCUT2D eigenvalue weighted by molar-refractivity contribution is 5.92. The highest BCUT2D eigenvalue weighted by Crippen LogP contribution is 2.21. The molecule has 0 saturated heterocycles. The van der Waals surface area contributed by atoms with Gasteiger partial charge in [-0.15, -0.1) is 0 Å². The maximum absolute atomic E-state index is 13.6.